The maximum Gasteiger partial charge on any atom is 0.327 e. The van der Waals surface area contributed by atoms with Crippen molar-refractivity contribution in [1.29, 1.82) is 0 Å². The first-order chi connectivity index (χ1) is 12.2. The van der Waals surface area contributed by atoms with E-state index in [1.165, 1.54) is 5.56 Å². The Hall–Kier alpha value is -2.03. The second-order valence-electron chi connectivity index (χ2n) is 6.45. The van der Waals surface area contributed by atoms with Crippen LogP contribution in [0.15, 0.2) is 54.1 Å². The van der Waals surface area contributed by atoms with Crippen molar-refractivity contribution in [3.63, 3.8) is 0 Å². The van der Waals surface area contributed by atoms with Crippen LogP contribution in [0.5, 0.6) is 5.75 Å². The van der Waals surface area contributed by atoms with Crippen LogP contribution in [-0.2, 0) is 15.5 Å². The molecule has 4 rings (SSSR count). The van der Waals surface area contributed by atoms with Crippen LogP contribution in [0.4, 0.5) is 0 Å². The molecule has 0 amide bonds. The van der Waals surface area contributed by atoms with Crippen LogP contribution < -0.4 is 9.82 Å². The van der Waals surface area contributed by atoms with E-state index in [4.69, 9.17) is 9.26 Å². The zero-order valence-corrected chi connectivity index (χ0v) is 15.4. The highest BCUT2D eigenvalue weighted by Gasteiger charge is 2.47. The topological polar surface area (TPSA) is 47.6 Å². The highest BCUT2D eigenvalue weighted by molar-refractivity contribution is 7.58. The first-order valence-corrected chi connectivity index (χ1v) is 10.3. The van der Waals surface area contributed by atoms with Crippen molar-refractivity contribution in [2.24, 2.45) is 0 Å². The Labute approximate surface area is 148 Å². The number of nitrogens with one attached hydrogen (secondary N) is 1. The molecule has 0 saturated carbocycles. The summed E-state index contributed by atoms with van der Waals surface area (Å²) in [6.45, 7) is 0. The quantitative estimate of drug-likeness (QED) is 0.794. The van der Waals surface area contributed by atoms with Gasteiger partial charge in [0.1, 0.15) is 17.2 Å². The summed E-state index contributed by atoms with van der Waals surface area (Å²) in [7, 11) is 0.314. The summed E-state index contributed by atoms with van der Waals surface area (Å²) in [6, 6.07) is 16.1. The molecule has 2 aromatic carbocycles. The summed E-state index contributed by atoms with van der Waals surface area (Å²) < 4.78 is 24.9. The van der Waals surface area contributed by atoms with E-state index >= 15 is 0 Å². The van der Waals surface area contributed by atoms with E-state index in [0.29, 0.717) is 0 Å². The molecule has 0 fully saturated rings. The largest absolute Gasteiger partial charge is 0.497 e. The highest BCUT2D eigenvalue weighted by Crippen LogP contribution is 2.69. The number of allylic oxidation sites excluding steroid dienone is 1. The monoisotopic (exact) mass is 355 g/mol. The molecule has 4 nitrogen and oxygen atoms in total. The molecule has 2 atom stereocenters. The molecule has 0 bridgehead atoms. The first kappa shape index (κ1) is 16.4. The number of fused-ring (bicyclic) bond motifs is 2. The van der Waals surface area contributed by atoms with Crippen molar-refractivity contribution < 1.29 is 13.8 Å². The SMILES string of the molecule is CNP1(=O)OC2=C(CCCc3ccccc32)C1c1ccc(OC)cc1. The molecule has 0 aromatic heterocycles. The maximum absolute atomic E-state index is 13.6. The fourth-order valence-electron chi connectivity index (χ4n) is 3.84. The van der Waals surface area contributed by atoms with Crippen molar-refractivity contribution in [3.8, 4) is 5.75 Å². The van der Waals surface area contributed by atoms with E-state index in [2.05, 4.69) is 23.3 Å². The van der Waals surface area contributed by atoms with Crippen molar-refractivity contribution in [1.82, 2.24) is 5.09 Å². The van der Waals surface area contributed by atoms with Crippen molar-refractivity contribution in [3.05, 3.63) is 70.8 Å². The predicted molar refractivity (Wildman–Crippen MR) is 99.8 cm³/mol. The summed E-state index contributed by atoms with van der Waals surface area (Å²) in [5.74, 6) is 1.61. The number of aryl methyl sites for hydroxylation is 1. The number of ether oxygens (including phenoxy) is 1. The van der Waals surface area contributed by atoms with Gasteiger partial charge in [0.25, 0.3) is 0 Å². The summed E-state index contributed by atoms with van der Waals surface area (Å²) in [6.07, 6.45) is 2.95. The molecule has 2 aliphatic rings. The molecule has 5 heteroatoms. The third kappa shape index (κ3) is 2.70. The van der Waals surface area contributed by atoms with Crippen LogP contribution in [0.25, 0.3) is 5.76 Å². The minimum atomic E-state index is -3.05. The summed E-state index contributed by atoms with van der Waals surface area (Å²) in [5.41, 5.74) is 4.26. The van der Waals surface area contributed by atoms with Gasteiger partial charge in [0.15, 0.2) is 0 Å². The van der Waals surface area contributed by atoms with Crippen molar-refractivity contribution >= 4 is 13.3 Å². The second-order valence-corrected chi connectivity index (χ2v) is 8.79. The van der Waals surface area contributed by atoms with E-state index in [1.54, 1.807) is 14.2 Å². The maximum atomic E-state index is 13.6. The predicted octanol–water partition coefficient (Wildman–Crippen LogP) is 4.93. The zero-order chi connectivity index (χ0) is 17.4. The van der Waals surface area contributed by atoms with Crippen molar-refractivity contribution in [2.75, 3.05) is 14.2 Å². The van der Waals surface area contributed by atoms with Gasteiger partial charge < -0.3 is 9.26 Å². The lowest BCUT2D eigenvalue weighted by Gasteiger charge is -2.22. The molecule has 130 valence electrons. The van der Waals surface area contributed by atoms with Gasteiger partial charge in [-0.3, -0.25) is 4.57 Å². The molecule has 2 unspecified atom stereocenters. The average molecular weight is 355 g/mol. The molecule has 1 heterocycles. The summed E-state index contributed by atoms with van der Waals surface area (Å²) >= 11 is 0. The van der Waals surface area contributed by atoms with Gasteiger partial charge in [0, 0.05) is 5.56 Å². The Balaban J connectivity index is 1.86. The van der Waals surface area contributed by atoms with Crippen LogP contribution in [0.1, 0.15) is 35.2 Å². The van der Waals surface area contributed by atoms with E-state index in [0.717, 1.165) is 47.5 Å². The Kier molecular flexibility index (Phi) is 4.18. The summed E-state index contributed by atoms with van der Waals surface area (Å²) in [5, 5.41) is 2.99. The molecule has 2 aromatic rings. The Morgan fingerprint density at radius 2 is 1.88 bits per heavy atom. The fraction of sp³-hybridized carbons (Fsp3) is 0.300. The van der Waals surface area contributed by atoms with Gasteiger partial charge in [-0.1, -0.05) is 36.4 Å². The Morgan fingerprint density at radius 1 is 1.12 bits per heavy atom. The van der Waals surface area contributed by atoms with Gasteiger partial charge in [-0.05, 0) is 55.1 Å². The average Bonchev–Trinajstić information content (AvgIpc) is 2.84. The number of hydrogen-bond donors (Lipinski definition) is 1. The molecular weight excluding hydrogens is 333 g/mol. The number of benzene rings is 2. The smallest absolute Gasteiger partial charge is 0.327 e. The van der Waals surface area contributed by atoms with Crippen LogP contribution in [0.2, 0.25) is 0 Å². The second kappa shape index (κ2) is 6.36. The lowest BCUT2D eigenvalue weighted by atomic mass is 9.98. The molecule has 1 aliphatic carbocycles. The van der Waals surface area contributed by atoms with E-state index in [-0.39, 0.29) is 5.66 Å². The third-order valence-corrected chi connectivity index (χ3v) is 7.45. The van der Waals surface area contributed by atoms with Crippen LogP contribution in [-0.4, -0.2) is 14.2 Å². The normalized spacial score (nSPS) is 25.0. The van der Waals surface area contributed by atoms with Crippen LogP contribution in [0, 0.1) is 0 Å². The van der Waals surface area contributed by atoms with Crippen LogP contribution >= 0.6 is 7.52 Å². The molecule has 1 aliphatic heterocycles. The van der Waals surface area contributed by atoms with Crippen LogP contribution in [0.3, 0.4) is 0 Å². The fourth-order valence-corrected chi connectivity index (χ4v) is 6.00. The Morgan fingerprint density at radius 3 is 2.60 bits per heavy atom. The lowest BCUT2D eigenvalue weighted by molar-refractivity contribution is 0.414. The molecule has 25 heavy (non-hydrogen) atoms. The van der Waals surface area contributed by atoms with Gasteiger partial charge in [-0.25, -0.2) is 5.09 Å². The van der Waals surface area contributed by atoms with Gasteiger partial charge in [0.2, 0.25) is 0 Å². The first-order valence-electron chi connectivity index (χ1n) is 8.60. The van der Waals surface area contributed by atoms with Gasteiger partial charge in [-0.15, -0.1) is 0 Å². The molecule has 0 radical (unpaired) electrons. The van der Waals surface area contributed by atoms with Gasteiger partial charge >= 0.3 is 7.52 Å². The number of methoxy groups -OCH3 is 1. The molecule has 0 saturated heterocycles. The van der Waals surface area contributed by atoms with Crippen molar-refractivity contribution in [2.45, 2.75) is 24.9 Å². The molecular formula is C20H22NO3P. The minimum absolute atomic E-state index is 0.246. The van der Waals surface area contributed by atoms with E-state index in [1.807, 2.05) is 30.3 Å². The number of rotatable bonds is 3. The Bertz CT molecular complexity index is 873. The van der Waals surface area contributed by atoms with Gasteiger partial charge in [-0.2, -0.15) is 0 Å². The number of hydrogen-bond acceptors (Lipinski definition) is 3. The van der Waals surface area contributed by atoms with E-state index in [9.17, 15) is 4.57 Å². The third-order valence-electron chi connectivity index (χ3n) is 5.09. The van der Waals surface area contributed by atoms with Gasteiger partial charge in [0.05, 0.1) is 7.11 Å². The lowest BCUT2D eigenvalue weighted by Crippen LogP contribution is -2.10. The standard InChI is InChI=1S/C20H22NO3P/c1-21-25(22)20(15-10-12-16(23-2)13-11-15)18-9-5-7-14-6-3-4-8-17(14)19(18)24-25/h3-4,6,8,10-13,20H,5,7,9H2,1-2H3,(H,21,22). The molecule has 0 spiro atoms. The van der Waals surface area contributed by atoms with E-state index < -0.39 is 7.52 Å². The molecule has 1 N–H and O–H groups in total. The minimum Gasteiger partial charge on any atom is -0.497 e. The zero-order valence-electron chi connectivity index (χ0n) is 14.5. The summed E-state index contributed by atoms with van der Waals surface area (Å²) in [4.78, 5) is 0. The highest BCUT2D eigenvalue weighted by atomic mass is 31.2.